The van der Waals surface area contributed by atoms with Crippen LogP contribution in [0, 0.1) is 13.8 Å². The zero-order valence-corrected chi connectivity index (χ0v) is 14.7. The Hall–Kier alpha value is -1.06. The summed E-state index contributed by atoms with van der Waals surface area (Å²) in [5.74, 6) is 0. The van der Waals surface area contributed by atoms with Crippen LogP contribution in [0.25, 0.3) is 0 Å². The van der Waals surface area contributed by atoms with Gasteiger partial charge < -0.3 is 15.3 Å². The van der Waals surface area contributed by atoms with E-state index in [1.165, 1.54) is 22.4 Å². The summed E-state index contributed by atoms with van der Waals surface area (Å²) >= 11 is 0. The summed E-state index contributed by atoms with van der Waals surface area (Å²) in [6.45, 7) is 14.4. The van der Waals surface area contributed by atoms with Crippen LogP contribution in [-0.2, 0) is 6.42 Å². The number of nitrogens with zero attached hydrogens (tertiary/aromatic N) is 1. The van der Waals surface area contributed by atoms with Gasteiger partial charge in [0.25, 0.3) is 0 Å². The van der Waals surface area contributed by atoms with Crippen molar-refractivity contribution in [2.24, 2.45) is 0 Å². The van der Waals surface area contributed by atoms with Crippen LogP contribution in [0.1, 0.15) is 44.4 Å². The van der Waals surface area contributed by atoms with Gasteiger partial charge in [-0.05, 0) is 76.8 Å². The van der Waals surface area contributed by atoms with Crippen LogP contribution in [0.5, 0.6) is 0 Å². The Bertz CT molecular complexity index is 443. The number of anilines is 1. The fourth-order valence-corrected chi connectivity index (χ4v) is 2.58. The molecule has 0 fully saturated rings. The van der Waals surface area contributed by atoms with Gasteiger partial charge in [-0.25, -0.2) is 0 Å². The van der Waals surface area contributed by atoms with Crippen molar-refractivity contribution < 1.29 is 5.11 Å². The van der Waals surface area contributed by atoms with Crippen LogP contribution < -0.4 is 10.2 Å². The van der Waals surface area contributed by atoms with Crippen LogP contribution in [0.15, 0.2) is 12.1 Å². The average Bonchev–Trinajstić information content (AvgIpc) is 2.39. The minimum atomic E-state index is -0.313. The number of aliphatic hydroxyl groups excluding tert-OH is 1. The van der Waals surface area contributed by atoms with E-state index in [2.05, 4.69) is 64.0 Å². The predicted octanol–water partition coefficient (Wildman–Crippen LogP) is 3.05. The molecule has 2 N–H and O–H groups in total. The SMILES string of the molecule is CCN(C)c1cc(C)c(CC(C)(C)NCC(C)O)c(C)c1. The summed E-state index contributed by atoms with van der Waals surface area (Å²) in [5.41, 5.74) is 5.36. The topological polar surface area (TPSA) is 35.5 Å². The number of rotatable bonds is 7. The molecule has 3 heteroatoms. The van der Waals surface area contributed by atoms with Crippen LogP contribution in [0.2, 0.25) is 0 Å². The van der Waals surface area contributed by atoms with E-state index in [4.69, 9.17) is 0 Å². The van der Waals surface area contributed by atoms with E-state index in [1.54, 1.807) is 0 Å². The van der Waals surface area contributed by atoms with Crippen molar-refractivity contribution in [3.8, 4) is 0 Å². The number of benzene rings is 1. The Balaban J connectivity index is 2.93. The molecule has 0 spiro atoms. The largest absolute Gasteiger partial charge is 0.392 e. The third-order valence-corrected chi connectivity index (χ3v) is 4.09. The van der Waals surface area contributed by atoms with E-state index < -0.39 is 0 Å². The molecule has 1 unspecified atom stereocenters. The molecule has 120 valence electrons. The summed E-state index contributed by atoms with van der Waals surface area (Å²) in [6.07, 6.45) is 0.653. The van der Waals surface area contributed by atoms with Gasteiger partial charge in [0.2, 0.25) is 0 Å². The predicted molar refractivity (Wildman–Crippen MR) is 92.3 cm³/mol. The smallest absolute Gasteiger partial charge is 0.0636 e. The lowest BCUT2D eigenvalue weighted by atomic mass is 9.89. The van der Waals surface area contributed by atoms with Crippen molar-refractivity contribution >= 4 is 5.69 Å². The Morgan fingerprint density at radius 3 is 2.19 bits per heavy atom. The molecule has 0 bridgehead atoms. The summed E-state index contributed by atoms with van der Waals surface area (Å²) in [5, 5.41) is 12.9. The highest BCUT2D eigenvalue weighted by Gasteiger charge is 2.21. The Morgan fingerprint density at radius 2 is 1.76 bits per heavy atom. The first-order valence-electron chi connectivity index (χ1n) is 7.90. The maximum Gasteiger partial charge on any atom is 0.0636 e. The highest BCUT2D eigenvalue weighted by molar-refractivity contribution is 5.54. The molecule has 1 aromatic rings. The zero-order chi connectivity index (χ0) is 16.2. The molecule has 0 aliphatic heterocycles. The lowest BCUT2D eigenvalue weighted by molar-refractivity contribution is 0.176. The normalized spacial score (nSPS) is 13.3. The van der Waals surface area contributed by atoms with Crippen molar-refractivity contribution in [2.75, 3.05) is 25.0 Å². The summed E-state index contributed by atoms with van der Waals surface area (Å²) in [7, 11) is 2.13. The van der Waals surface area contributed by atoms with E-state index in [1.807, 2.05) is 6.92 Å². The van der Waals surface area contributed by atoms with Crippen molar-refractivity contribution in [1.29, 1.82) is 0 Å². The summed E-state index contributed by atoms with van der Waals surface area (Å²) in [6, 6.07) is 4.55. The van der Waals surface area contributed by atoms with Gasteiger partial charge in [0.1, 0.15) is 0 Å². The second-order valence-electron chi connectivity index (χ2n) is 6.86. The van der Waals surface area contributed by atoms with Crippen LogP contribution in [0.3, 0.4) is 0 Å². The van der Waals surface area contributed by atoms with Gasteiger partial charge >= 0.3 is 0 Å². The van der Waals surface area contributed by atoms with E-state index in [-0.39, 0.29) is 11.6 Å². The zero-order valence-electron chi connectivity index (χ0n) is 14.7. The molecule has 0 aliphatic carbocycles. The second kappa shape index (κ2) is 7.28. The van der Waals surface area contributed by atoms with Gasteiger partial charge in [-0.1, -0.05) is 0 Å². The minimum Gasteiger partial charge on any atom is -0.392 e. The lowest BCUT2D eigenvalue weighted by Crippen LogP contribution is -2.44. The van der Waals surface area contributed by atoms with E-state index in [0.717, 1.165) is 13.0 Å². The van der Waals surface area contributed by atoms with E-state index >= 15 is 0 Å². The fraction of sp³-hybridized carbons (Fsp3) is 0.667. The molecule has 0 aliphatic rings. The van der Waals surface area contributed by atoms with Crippen molar-refractivity contribution in [1.82, 2.24) is 5.32 Å². The molecule has 1 atom stereocenters. The number of hydrogen-bond acceptors (Lipinski definition) is 3. The molecule has 0 saturated carbocycles. The molecular formula is C18H32N2O. The second-order valence-corrected chi connectivity index (χ2v) is 6.86. The maximum atomic E-state index is 9.45. The van der Waals surface area contributed by atoms with Crippen molar-refractivity contribution in [3.05, 3.63) is 28.8 Å². The van der Waals surface area contributed by atoms with Gasteiger partial charge in [-0.15, -0.1) is 0 Å². The maximum absolute atomic E-state index is 9.45. The first-order chi connectivity index (χ1) is 9.66. The quantitative estimate of drug-likeness (QED) is 0.811. The highest BCUT2D eigenvalue weighted by atomic mass is 16.3. The van der Waals surface area contributed by atoms with Gasteiger partial charge in [0.15, 0.2) is 0 Å². The lowest BCUT2D eigenvalue weighted by Gasteiger charge is -2.29. The summed E-state index contributed by atoms with van der Waals surface area (Å²) in [4.78, 5) is 2.26. The number of β-amino-alcohol motifs (C(OH)–C–C–N with tert-alkyl or cyclic N) is 1. The highest BCUT2D eigenvalue weighted by Crippen LogP contribution is 2.25. The molecule has 0 saturated heterocycles. The van der Waals surface area contributed by atoms with Gasteiger partial charge in [-0.2, -0.15) is 0 Å². The molecule has 0 amide bonds. The molecule has 1 aromatic carbocycles. The molecule has 21 heavy (non-hydrogen) atoms. The third kappa shape index (κ3) is 5.33. The molecule has 0 heterocycles. The third-order valence-electron chi connectivity index (χ3n) is 4.09. The van der Waals surface area contributed by atoms with E-state index in [0.29, 0.717) is 6.54 Å². The monoisotopic (exact) mass is 292 g/mol. The fourth-order valence-electron chi connectivity index (χ4n) is 2.58. The molecule has 0 aromatic heterocycles. The van der Waals surface area contributed by atoms with Gasteiger partial charge in [0.05, 0.1) is 6.10 Å². The average molecular weight is 292 g/mol. The number of aryl methyl sites for hydroxylation is 2. The van der Waals surface area contributed by atoms with Crippen molar-refractivity contribution in [2.45, 2.75) is 59.6 Å². The number of hydrogen-bond donors (Lipinski definition) is 2. The summed E-state index contributed by atoms with van der Waals surface area (Å²) < 4.78 is 0. The van der Waals surface area contributed by atoms with Gasteiger partial charge in [-0.3, -0.25) is 0 Å². The van der Waals surface area contributed by atoms with E-state index in [9.17, 15) is 5.11 Å². The Morgan fingerprint density at radius 1 is 1.24 bits per heavy atom. The van der Waals surface area contributed by atoms with Crippen LogP contribution in [-0.4, -0.2) is 36.9 Å². The minimum absolute atomic E-state index is 0.0231. The molecule has 3 nitrogen and oxygen atoms in total. The van der Waals surface area contributed by atoms with Crippen molar-refractivity contribution in [3.63, 3.8) is 0 Å². The van der Waals surface area contributed by atoms with Gasteiger partial charge in [0, 0.05) is 31.4 Å². The standard InChI is InChI=1S/C18H32N2O/c1-8-20(7)16-9-13(2)17(14(3)10-16)11-18(5,6)19-12-15(4)21/h9-10,15,19,21H,8,11-12H2,1-7H3. The first-order valence-corrected chi connectivity index (χ1v) is 7.90. The van der Waals surface area contributed by atoms with Crippen LogP contribution in [0.4, 0.5) is 5.69 Å². The van der Waals surface area contributed by atoms with Crippen LogP contribution >= 0.6 is 0 Å². The molecule has 0 radical (unpaired) electrons. The number of aliphatic hydroxyl groups is 1. The Labute approximate surface area is 130 Å². The molecular weight excluding hydrogens is 260 g/mol. The number of nitrogens with one attached hydrogen (secondary N) is 1. The first kappa shape index (κ1) is 18.0. The Kier molecular flexibility index (Phi) is 6.24. The molecule has 1 rings (SSSR count).